The highest BCUT2D eigenvalue weighted by Crippen LogP contribution is 2.25. The molecule has 0 bridgehead atoms. The molecule has 0 saturated carbocycles. The van der Waals surface area contributed by atoms with Crippen LogP contribution in [0.5, 0.6) is 5.75 Å². The lowest BCUT2D eigenvalue weighted by atomic mass is 10.1. The fourth-order valence-corrected chi connectivity index (χ4v) is 3.23. The Labute approximate surface area is 180 Å². The molecule has 2 aromatic carbocycles. The highest BCUT2D eigenvalue weighted by atomic mass is 32.2. The van der Waals surface area contributed by atoms with E-state index in [1.54, 1.807) is 14.0 Å². The van der Waals surface area contributed by atoms with Crippen LogP contribution in [0.25, 0.3) is 11.4 Å². The maximum atomic E-state index is 8.43. The number of aliphatic imine (C=N–C) groups is 1. The second kappa shape index (κ2) is 10.2. The third-order valence-corrected chi connectivity index (χ3v) is 4.78. The van der Waals surface area contributed by atoms with Crippen LogP contribution in [-0.2, 0) is 11.3 Å². The van der Waals surface area contributed by atoms with Crippen molar-refractivity contribution in [2.75, 3.05) is 20.0 Å². The summed E-state index contributed by atoms with van der Waals surface area (Å²) >= 11 is 1.34. The van der Waals surface area contributed by atoms with Gasteiger partial charge in [-0.25, -0.2) is 4.99 Å². The topological polar surface area (TPSA) is 93.6 Å². The smallest absolute Gasteiger partial charge is 0.223 e. The Kier molecular flexibility index (Phi) is 7.37. The van der Waals surface area contributed by atoms with Gasteiger partial charge in [-0.15, -0.1) is 11.8 Å². The number of benzene rings is 2. The van der Waals surface area contributed by atoms with E-state index in [1.807, 2.05) is 55.6 Å². The Hall–Kier alpha value is -2.97. The van der Waals surface area contributed by atoms with Gasteiger partial charge in [0.05, 0.1) is 18.9 Å². The lowest BCUT2D eigenvalue weighted by Crippen LogP contribution is -2.12. The highest BCUT2D eigenvalue weighted by Gasteiger charge is 2.14. The average molecular weight is 425 g/mol. The highest BCUT2D eigenvalue weighted by molar-refractivity contribution is 8.15. The molecule has 7 nitrogen and oxygen atoms in total. The molecule has 0 fully saturated rings. The average Bonchev–Trinajstić information content (AvgIpc) is 3.18. The van der Waals surface area contributed by atoms with Crippen molar-refractivity contribution in [2.24, 2.45) is 4.99 Å². The number of thioether (sulfide) groups is 1. The summed E-state index contributed by atoms with van der Waals surface area (Å²) in [6.07, 6.45) is 1.86. The Morgan fingerprint density at radius 3 is 2.57 bits per heavy atom. The second-order valence-corrected chi connectivity index (χ2v) is 7.23. The summed E-state index contributed by atoms with van der Waals surface area (Å²) in [5.41, 5.74) is 3.91. The van der Waals surface area contributed by atoms with Gasteiger partial charge in [0.25, 0.3) is 0 Å². The maximum absolute atomic E-state index is 8.43. The van der Waals surface area contributed by atoms with Crippen molar-refractivity contribution >= 4 is 28.2 Å². The van der Waals surface area contributed by atoms with Gasteiger partial charge in [-0.2, -0.15) is 4.98 Å². The molecule has 1 N–H and O–H groups in total. The minimum Gasteiger partial charge on any atom is -0.494 e. The number of hydrogen-bond acceptors (Lipinski definition) is 8. The van der Waals surface area contributed by atoms with Crippen LogP contribution >= 0.6 is 11.8 Å². The standard InChI is InChI=1S/C22H24N4O3S/c1-5-28-19-11-15(13-27-3)10-17(12-19)20(21(23)30-4)25-18-8-6-16(7-9-18)22-24-14(2)29-26-22/h6-12,23H,5,13H2,1-4H3/b23-21?,25-20+. The molecule has 0 atom stereocenters. The third-order valence-electron chi connectivity index (χ3n) is 4.17. The molecule has 3 aromatic rings. The fourth-order valence-electron chi connectivity index (χ4n) is 2.87. The normalized spacial score (nSPS) is 11.5. The monoisotopic (exact) mass is 424 g/mol. The van der Waals surface area contributed by atoms with E-state index < -0.39 is 0 Å². The molecule has 0 aliphatic rings. The number of methoxy groups -OCH3 is 1. The summed E-state index contributed by atoms with van der Waals surface area (Å²) in [4.78, 5) is 8.99. The Morgan fingerprint density at radius 2 is 1.97 bits per heavy atom. The van der Waals surface area contributed by atoms with Crippen molar-refractivity contribution in [1.82, 2.24) is 10.1 Å². The Bertz CT molecular complexity index is 1020. The summed E-state index contributed by atoms with van der Waals surface area (Å²) in [6, 6.07) is 13.3. The minimum absolute atomic E-state index is 0.366. The number of aryl methyl sites for hydroxylation is 1. The number of rotatable bonds is 8. The molecular formula is C22H24N4O3S. The van der Waals surface area contributed by atoms with E-state index >= 15 is 0 Å². The maximum Gasteiger partial charge on any atom is 0.223 e. The van der Waals surface area contributed by atoms with E-state index in [4.69, 9.17) is 24.4 Å². The molecule has 0 radical (unpaired) electrons. The lowest BCUT2D eigenvalue weighted by molar-refractivity contribution is 0.184. The first-order chi connectivity index (χ1) is 14.5. The van der Waals surface area contributed by atoms with Gasteiger partial charge in [0, 0.05) is 25.2 Å². The van der Waals surface area contributed by atoms with Crippen molar-refractivity contribution in [1.29, 1.82) is 5.41 Å². The van der Waals surface area contributed by atoms with Gasteiger partial charge >= 0.3 is 0 Å². The molecule has 0 amide bonds. The molecule has 3 rings (SSSR count). The quantitative estimate of drug-likeness (QED) is 0.402. The summed E-state index contributed by atoms with van der Waals surface area (Å²) < 4.78 is 16.0. The van der Waals surface area contributed by atoms with Crippen molar-refractivity contribution in [2.45, 2.75) is 20.5 Å². The first-order valence-corrected chi connectivity index (χ1v) is 10.6. The number of ether oxygens (including phenoxy) is 2. The number of nitrogens with zero attached hydrogens (tertiary/aromatic N) is 3. The van der Waals surface area contributed by atoms with Crippen molar-refractivity contribution < 1.29 is 14.0 Å². The van der Waals surface area contributed by atoms with Crippen LogP contribution in [-0.4, -0.2) is 40.9 Å². The molecule has 0 saturated heterocycles. The van der Waals surface area contributed by atoms with E-state index in [2.05, 4.69) is 10.1 Å². The molecule has 0 unspecified atom stereocenters. The van der Waals surface area contributed by atoms with Gasteiger partial charge in [-0.3, -0.25) is 5.41 Å². The molecule has 1 aromatic heterocycles. The Morgan fingerprint density at radius 1 is 1.20 bits per heavy atom. The van der Waals surface area contributed by atoms with Crippen LogP contribution in [0.15, 0.2) is 52.0 Å². The van der Waals surface area contributed by atoms with Crippen LogP contribution in [0, 0.1) is 12.3 Å². The predicted molar refractivity (Wildman–Crippen MR) is 120 cm³/mol. The van der Waals surface area contributed by atoms with Crippen LogP contribution in [0.3, 0.4) is 0 Å². The zero-order chi connectivity index (χ0) is 21.5. The van der Waals surface area contributed by atoms with Crippen LogP contribution < -0.4 is 4.74 Å². The molecule has 8 heteroatoms. The van der Waals surface area contributed by atoms with Crippen molar-refractivity contribution in [3.05, 3.63) is 59.5 Å². The molecule has 0 aliphatic heterocycles. The summed E-state index contributed by atoms with van der Waals surface area (Å²) in [6.45, 7) is 4.70. The summed E-state index contributed by atoms with van der Waals surface area (Å²) in [5.74, 6) is 1.78. The van der Waals surface area contributed by atoms with E-state index in [9.17, 15) is 0 Å². The van der Waals surface area contributed by atoms with Crippen LogP contribution in [0.1, 0.15) is 23.9 Å². The van der Waals surface area contributed by atoms with Gasteiger partial charge in [-0.1, -0.05) is 5.16 Å². The zero-order valence-electron chi connectivity index (χ0n) is 17.4. The summed E-state index contributed by atoms with van der Waals surface area (Å²) in [5, 5.41) is 12.7. The van der Waals surface area contributed by atoms with Gasteiger partial charge in [0.15, 0.2) is 0 Å². The zero-order valence-corrected chi connectivity index (χ0v) is 18.2. The number of aromatic nitrogens is 2. The first kappa shape index (κ1) is 21.7. The largest absolute Gasteiger partial charge is 0.494 e. The van der Waals surface area contributed by atoms with Gasteiger partial charge in [0.2, 0.25) is 11.7 Å². The molecule has 1 heterocycles. The van der Waals surface area contributed by atoms with Crippen molar-refractivity contribution in [3.63, 3.8) is 0 Å². The predicted octanol–water partition coefficient (Wildman–Crippen LogP) is 5.05. The molecule has 0 aliphatic carbocycles. The third kappa shape index (κ3) is 5.34. The van der Waals surface area contributed by atoms with E-state index in [-0.39, 0.29) is 0 Å². The lowest BCUT2D eigenvalue weighted by Gasteiger charge is -2.12. The summed E-state index contributed by atoms with van der Waals surface area (Å²) in [7, 11) is 1.65. The number of nitrogens with one attached hydrogen (secondary N) is 1. The van der Waals surface area contributed by atoms with Gasteiger partial charge in [-0.05, 0) is 61.2 Å². The fraction of sp³-hybridized carbons (Fsp3) is 0.273. The van der Waals surface area contributed by atoms with E-state index in [0.29, 0.717) is 35.7 Å². The van der Waals surface area contributed by atoms with Crippen LogP contribution in [0.4, 0.5) is 5.69 Å². The van der Waals surface area contributed by atoms with Crippen LogP contribution in [0.2, 0.25) is 0 Å². The molecule has 0 spiro atoms. The van der Waals surface area contributed by atoms with Gasteiger partial charge in [0.1, 0.15) is 16.5 Å². The SMILES string of the molecule is CCOc1cc(COC)cc(/C(=N\c2ccc(-c3noc(C)n3)cc2)C(=N)SC)c1. The first-order valence-electron chi connectivity index (χ1n) is 9.42. The second-order valence-electron chi connectivity index (χ2n) is 6.41. The van der Waals surface area contributed by atoms with E-state index in [1.165, 1.54) is 11.8 Å². The minimum atomic E-state index is 0.366. The molecule has 30 heavy (non-hydrogen) atoms. The van der Waals surface area contributed by atoms with E-state index in [0.717, 1.165) is 28.1 Å². The van der Waals surface area contributed by atoms with Gasteiger partial charge < -0.3 is 14.0 Å². The molecular weight excluding hydrogens is 400 g/mol. The molecule has 156 valence electrons. The number of hydrogen-bond donors (Lipinski definition) is 1. The Balaban J connectivity index is 2.00. The van der Waals surface area contributed by atoms with Crippen molar-refractivity contribution in [3.8, 4) is 17.1 Å².